The van der Waals surface area contributed by atoms with Crippen molar-refractivity contribution in [2.24, 2.45) is 0 Å². The van der Waals surface area contributed by atoms with Crippen molar-refractivity contribution in [1.82, 2.24) is 9.88 Å². The highest BCUT2D eigenvalue weighted by molar-refractivity contribution is 6.30. The van der Waals surface area contributed by atoms with Gasteiger partial charge < -0.3 is 15.0 Å². The molecular weight excluding hydrogens is 338 g/mol. The maximum Gasteiger partial charge on any atom is 0.227 e. The summed E-state index contributed by atoms with van der Waals surface area (Å²) in [5.74, 6) is 1.73. The SMILES string of the molecule is COc1ccccc1CC(=O)N1CCC(Nc2ccc(Cl)cn2)CC1. The number of halogens is 1. The van der Waals surface area contributed by atoms with Gasteiger partial charge in [0.1, 0.15) is 11.6 Å². The molecule has 0 atom stereocenters. The molecule has 1 N–H and O–H groups in total. The Morgan fingerprint density at radius 1 is 1.28 bits per heavy atom. The fourth-order valence-corrected chi connectivity index (χ4v) is 3.18. The first-order valence-corrected chi connectivity index (χ1v) is 8.81. The minimum atomic E-state index is 0.146. The Labute approximate surface area is 153 Å². The average molecular weight is 360 g/mol. The summed E-state index contributed by atoms with van der Waals surface area (Å²) in [5, 5.41) is 4.03. The van der Waals surface area contributed by atoms with Crippen LogP contribution in [0.25, 0.3) is 0 Å². The summed E-state index contributed by atoms with van der Waals surface area (Å²) in [6, 6.07) is 11.7. The predicted octanol–water partition coefficient (Wildman–Crippen LogP) is 3.39. The van der Waals surface area contributed by atoms with Gasteiger partial charge in [0.2, 0.25) is 5.91 Å². The number of amides is 1. The number of carbonyl (C=O) groups excluding carboxylic acids is 1. The summed E-state index contributed by atoms with van der Waals surface area (Å²) >= 11 is 5.85. The number of benzene rings is 1. The number of piperidine rings is 1. The molecule has 1 aliphatic rings. The van der Waals surface area contributed by atoms with Crippen molar-refractivity contribution in [3.8, 4) is 5.75 Å². The summed E-state index contributed by atoms with van der Waals surface area (Å²) in [4.78, 5) is 18.8. The van der Waals surface area contributed by atoms with E-state index in [4.69, 9.17) is 16.3 Å². The van der Waals surface area contributed by atoms with Crippen LogP contribution in [0.2, 0.25) is 5.02 Å². The van der Waals surface area contributed by atoms with Crippen LogP contribution in [-0.4, -0.2) is 42.0 Å². The number of nitrogens with zero attached hydrogens (tertiary/aromatic N) is 2. The first-order valence-electron chi connectivity index (χ1n) is 8.43. The maximum atomic E-state index is 12.6. The number of para-hydroxylation sites is 1. The molecule has 3 rings (SSSR count). The van der Waals surface area contributed by atoms with Crippen LogP contribution in [0.5, 0.6) is 5.75 Å². The lowest BCUT2D eigenvalue weighted by Crippen LogP contribution is -2.43. The molecule has 1 saturated heterocycles. The largest absolute Gasteiger partial charge is 0.496 e. The number of likely N-dealkylation sites (tertiary alicyclic amines) is 1. The van der Waals surface area contributed by atoms with Crippen LogP contribution in [-0.2, 0) is 11.2 Å². The van der Waals surface area contributed by atoms with Gasteiger partial charge in [-0.1, -0.05) is 29.8 Å². The second kappa shape index (κ2) is 8.21. The Bertz CT molecular complexity index is 713. The molecule has 5 nitrogen and oxygen atoms in total. The fourth-order valence-electron chi connectivity index (χ4n) is 3.07. The van der Waals surface area contributed by atoms with E-state index in [0.717, 1.165) is 43.1 Å². The Kier molecular flexibility index (Phi) is 5.76. The van der Waals surface area contributed by atoms with Gasteiger partial charge in [0.25, 0.3) is 0 Å². The van der Waals surface area contributed by atoms with E-state index >= 15 is 0 Å². The zero-order valence-electron chi connectivity index (χ0n) is 14.2. The molecule has 1 aliphatic heterocycles. The molecule has 1 amide bonds. The zero-order valence-corrected chi connectivity index (χ0v) is 15.0. The second-order valence-corrected chi connectivity index (χ2v) is 6.59. The van der Waals surface area contributed by atoms with Crippen LogP contribution in [0.15, 0.2) is 42.6 Å². The third-order valence-corrected chi connectivity index (χ3v) is 4.68. The number of methoxy groups -OCH3 is 1. The molecule has 6 heteroatoms. The van der Waals surface area contributed by atoms with E-state index in [9.17, 15) is 4.79 Å². The molecule has 1 fully saturated rings. The highest BCUT2D eigenvalue weighted by Gasteiger charge is 2.23. The first-order chi connectivity index (χ1) is 12.2. The maximum absolute atomic E-state index is 12.6. The number of hydrogen-bond acceptors (Lipinski definition) is 4. The van der Waals surface area contributed by atoms with Crippen molar-refractivity contribution in [3.05, 3.63) is 53.2 Å². The molecule has 0 bridgehead atoms. The van der Waals surface area contributed by atoms with Crippen LogP contribution >= 0.6 is 11.6 Å². The van der Waals surface area contributed by atoms with Gasteiger partial charge in [0.15, 0.2) is 0 Å². The van der Waals surface area contributed by atoms with Gasteiger partial charge in [0.05, 0.1) is 18.6 Å². The Balaban J connectivity index is 1.51. The van der Waals surface area contributed by atoms with Gasteiger partial charge in [-0.15, -0.1) is 0 Å². The number of ether oxygens (including phenoxy) is 1. The predicted molar refractivity (Wildman–Crippen MR) is 99.2 cm³/mol. The summed E-state index contributed by atoms with van der Waals surface area (Å²) in [7, 11) is 1.63. The monoisotopic (exact) mass is 359 g/mol. The number of nitrogens with one attached hydrogen (secondary N) is 1. The van der Waals surface area contributed by atoms with Gasteiger partial charge >= 0.3 is 0 Å². The smallest absolute Gasteiger partial charge is 0.227 e. The van der Waals surface area contributed by atoms with E-state index < -0.39 is 0 Å². The van der Waals surface area contributed by atoms with Crippen LogP contribution in [0.4, 0.5) is 5.82 Å². The van der Waals surface area contributed by atoms with E-state index in [2.05, 4.69) is 10.3 Å². The number of carbonyl (C=O) groups is 1. The summed E-state index contributed by atoms with van der Waals surface area (Å²) in [5.41, 5.74) is 0.931. The quantitative estimate of drug-likeness (QED) is 0.889. The molecule has 2 aromatic rings. The highest BCUT2D eigenvalue weighted by Crippen LogP contribution is 2.21. The first kappa shape index (κ1) is 17.5. The Morgan fingerprint density at radius 2 is 2.04 bits per heavy atom. The number of pyridine rings is 1. The van der Waals surface area contributed by atoms with Crippen molar-refractivity contribution in [2.45, 2.75) is 25.3 Å². The second-order valence-electron chi connectivity index (χ2n) is 6.15. The lowest BCUT2D eigenvalue weighted by atomic mass is 10.0. The average Bonchev–Trinajstić information content (AvgIpc) is 2.64. The zero-order chi connectivity index (χ0) is 17.6. The molecule has 0 unspecified atom stereocenters. The fraction of sp³-hybridized carbons (Fsp3) is 0.368. The number of rotatable bonds is 5. The van der Waals surface area contributed by atoms with Crippen molar-refractivity contribution in [1.29, 1.82) is 0 Å². The van der Waals surface area contributed by atoms with E-state index in [1.54, 1.807) is 13.3 Å². The molecule has 2 heterocycles. The van der Waals surface area contributed by atoms with Gasteiger partial charge in [0, 0.05) is 30.9 Å². The molecule has 0 aliphatic carbocycles. The lowest BCUT2D eigenvalue weighted by Gasteiger charge is -2.32. The summed E-state index contributed by atoms with van der Waals surface area (Å²) in [6.07, 6.45) is 3.82. The molecule has 0 radical (unpaired) electrons. The molecule has 25 heavy (non-hydrogen) atoms. The van der Waals surface area contributed by atoms with E-state index in [0.29, 0.717) is 17.5 Å². The van der Waals surface area contributed by atoms with Crippen LogP contribution in [0.3, 0.4) is 0 Å². The molecule has 1 aromatic heterocycles. The molecule has 132 valence electrons. The molecule has 0 spiro atoms. The third-order valence-electron chi connectivity index (χ3n) is 4.46. The van der Waals surface area contributed by atoms with Gasteiger partial charge in [-0.2, -0.15) is 0 Å². The van der Waals surface area contributed by atoms with Crippen LogP contribution in [0, 0.1) is 0 Å². The van der Waals surface area contributed by atoms with Gasteiger partial charge in [-0.25, -0.2) is 4.98 Å². The van der Waals surface area contributed by atoms with E-state index in [1.165, 1.54) is 0 Å². The highest BCUT2D eigenvalue weighted by atomic mass is 35.5. The van der Waals surface area contributed by atoms with Crippen molar-refractivity contribution in [3.63, 3.8) is 0 Å². The normalized spacial score (nSPS) is 15.0. The minimum Gasteiger partial charge on any atom is -0.496 e. The van der Waals surface area contributed by atoms with E-state index in [-0.39, 0.29) is 5.91 Å². The lowest BCUT2D eigenvalue weighted by molar-refractivity contribution is -0.131. The number of hydrogen-bond donors (Lipinski definition) is 1. The number of anilines is 1. The van der Waals surface area contributed by atoms with E-state index in [1.807, 2.05) is 41.3 Å². The molecule has 1 aromatic carbocycles. The summed E-state index contributed by atoms with van der Waals surface area (Å²) < 4.78 is 5.33. The Hall–Kier alpha value is -2.27. The number of aromatic nitrogens is 1. The Morgan fingerprint density at radius 3 is 2.72 bits per heavy atom. The standard InChI is InChI=1S/C19H22ClN3O2/c1-25-17-5-3-2-4-14(17)12-19(24)23-10-8-16(9-11-23)22-18-7-6-15(20)13-21-18/h2-7,13,16H,8-12H2,1H3,(H,21,22). The third kappa shape index (κ3) is 4.63. The van der Waals surface area contributed by atoms with Gasteiger partial charge in [-0.3, -0.25) is 4.79 Å². The van der Waals surface area contributed by atoms with Crippen molar-refractivity contribution in [2.75, 3.05) is 25.5 Å². The topological polar surface area (TPSA) is 54.5 Å². The summed E-state index contributed by atoms with van der Waals surface area (Å²) in [6.45, 7) is 1.50. The molecular formula is C19H22ClN3O2. The van der Waals surface area contributed by atoms with Crippen molar-refractivity contribution >= 4 is 23.3 Å². The van der Waals surface area contributed by atoms with Crippen molar-refractivity contribution < 1.29 is 9.53 Å². The minimum absolute atomic E-state index is 0.146. The van der Waals surface area contributed by atoms with Crippen LogP contribution < -0.4 is 10.1 Å². The van der Waals surface area contributed by atoms with Crippen LogP contribution in [0.1, 0.15) is 18.4 Å². The van der Waals surface area contributed by atoms with Gasteiger partial charge in [-0.05, 0) is 31.0 Å². The molecule has 0 saturated carbocycles.